The van der Waals surface area contributed by atoms with Crippen molar-refractivity contribution in [1.29, 1.82) is 0 Å². The predicted octanol–water partition coefficient (Wildman–Crippen LogP) is 2.10. The van der Waals surface area contributed by atoms with Crippen LogP contribution in [0.2, 0.25) is 0 Å². The van der Waals surface area contributed by atoms with Crippen LogP contribution >= 0.6 is 11.3 Å². The highest BCUT2D eigenvalue weighted by Gasteiger charge is 2.18. The molecular weight excluding hydrogens is 279 g/mol. The van der Waals surface area contributed by atoms with Crippen molar-refractivity contribution >= 4 is 27.0 Å². The van der Waals surface area contributed by atoms with Gasteiger partial charge in [-0.1, -0.05) is 0 Å². The molecule has 8 heteroatoms. The first-order valence-electron chi connectivity index (χ1n) is 4.82. The highest BCUT2D eigenvalue weighted by molar-refractivity contribution is 7.94. The van der Waals surface area contributed by atoms with E-state index >= 15 is 0 Å². The van der Waals surface area contributed by atoms with Crippen molar-refractivity contribution in [2.24, 2.45) is 0 Å². The maximum Gasteiger partial charge on any atom is 0.273 e. The second-order valence-corrected chi connectivity index (χ2v) is 6.61. The van der Waals surface area contributed by atoms with Crippen molar-refractivity contribution in [1.82, 2.24) is 4.98 Å². The fourth-order valence-electron chi connectivity index (χ4n) is 1.25. The average Bonchev–Trinajstić information content (AvgIpc) is 2.70. The first-order valence-corrected chi connectivity index (χ1v) is 7.12. The van der Waals surface area contributed by atoms with Crippen LogP contribution in [0.1, 0.15) is 5.01 Å². The summed E-state index contributed by atoms with van der Waals surface area (Å²) in [7, 11) is -3.84. The molecule has 0 aliphatic heterocycles. The second-order valence-electron chi connectivity index (χ2n) is 3.47. The molecule has 0 amide bonds. The lowest BCUT2D eigenvalue weighted by molar-refractivity contribution is 0.469. The molecule has 0 bridgehead atoms. The van der Waals surface area contributed by atoms with Gasteiger partial charge < -0.3 is 5.11 Å². The third-order valence-electron chi connectivity index (χ3n) is 2.06. The van der Waals surface area contributed by atoms with Gasteiger partial charge in [0.2, 0.25) is 0 Å². The number of phenols is 1. The number of thiazole rings is 1. The minimum Gasteiger partial charge on any atom is -0.508 e. The number of nitrogens with one attached hydrogen (secondary N) is 1. The van der Waals surface area contributed by atoms with Crippen LogP contribution in [-0.4, -0.2) is 18.5 Å². The van der Waals surface area contributed by atoms with E-state index in [1.165, 1.54) is 12.3 Å². The highest BCUT2D eigenvalue weighted by Crippen LogP contribution is 2.24. The standard InChI is InChI=1S/C10H9FN2O3S2/c1-6-12-5-10(17-6)18(15,16)13-9-3-2-7(14)4-8(9)11/h2-5,13-14H,1H3. The van der Waals surface area contributed by atoms with E-state index in [0.29, 0.717) is 5.01 Å². The maximum absolute atomic E-state index is 13.4. The number of aromatic nitrogens is 1. The number of benzene rings is 1. The van der Waals surface area contributed by atoms with Gasteiger partial charge in [-0.2, -0.15) is 0 Å². The minimum absolute atomic E-state index is 0.00692. The maximum atomic E-state index is 13.4. The molecule has 1 aromatic heterocycles. The molecule has 2 rings (SSSR count). The zero-order valence-corrected chi connectivity index (χ0v) is 10.8. The summed E-state index contributed by atoms with van der Waals surface area (Å²) in [6.07, 6.45) is 1.21. The number of aromatic hydroxyl groups is 1. The van der Waals surface area contributed by atoms with Gasteiger partial charge in [0.1, 0.15) is 5.75 Å². The van der Waals surface area contributed by atoms with Crippen LogP contribution in [0.25, 0.3) is 0 Å². The molecular formula is C10H9FN2O3S2. The first-order chi connectivity index (χ1) is 8.38. The summed E-state index contributed by atoms with van der Waals surface area (Å²) in [6.45, 7) is 1.67. The van der Waals surface area contributed by atoms with E-state index in [4.69, 9.17) is 5.11 Å². The van der Waals surface area contributed by atoms with Crippen LogP contribution in [0.3, 0.4) is 0 Å². The van der Waals surface area contributed by atoms with Gasteiger partial charge in [-0.25, -0.2) is 17.8 Å². The predicted molar refractivity (Wildman–Crippen MR) is 65.7 cm³/mol. The molecule has 1 aromatic carbocycles. The van der Waals surface area contributed by atoms with Crippen molar-refractivity contribution in [2.75, 3.05) is 4.72 Å². The third-order valence-corrected chi connectivity index (χ3v) is 4.80. The number of aryl methyl sites for hydroxylation is 1. The number of anilines is 1. The molecule has 2 N–H and O–H groups in total. The second kappa shape index (κ2) is 4.54. The largest absolute Gasteiger partial charge is 0.508 e. The molecule has 2 aromatic rings. The van der Waals surface area contributed by atoms with Gasteiger partial charge in [-0.05, 0) is 19.1 Å². The molecule has 0 saturated heterocycles. The lowest BCUT2D eigenvalue weighted by Gasteiger charge is -2.06. The molecule has 1 heterocycles. The van der Waals surface area contributed by atoms with Crippen molar-refractivity contribution in [3.63, 3.8) is 0 Å². The van der Waals surface area contributed by atoms with Crippen LogP contribution in [0.5, 0.6) is 5.75 Å². The fraction of sp³-hybridized carbons (Fsp3) is 0.100. The van der Waals surface area contributed by atoms with Crippen LogP contribution in [0, 0.1) is 12.7 Å². The summed E-state index contributed by atoms with van der Waals surface area (Å²) in [5.74, 6) is -1.12. The third kappa shape index (κ3) is 2.59. The van der Waals surface area contributed by atoms with Crippen LogP contribution in [-0.2, 0) is 10.0 Å². The minimum atomic E-state index is -3.84. The molecule has 18 heavy (non-hydrogen) atoms. The monoisotopic (exact) mass is 288 g/mol. The van der Waals surface area contributed by atoms with Gasteiger partial charge in [-0.3, -0.25) is 4.72 Å². The molecule has 96 valence electrons. The Morgan fingerprint density at radius 3 is 2.72 bits per heavy atom. The summed E-state index contributed by atoms with van der Waals surface area (Å²) in [6, 6.07) is 3.17. The Labute approximate surface area is 107 Å². The zero-order valence-electron chi connectivity index (χ0n) is 9.21. The van der Waals surface area contributed by atoms with Crippen molar-refractivity contribution < 1.29 is 17.9 Å². The number of halogens is 1. The van der Waals surface area contributed by atoms with E-state index in [0.717, 1.165) is 23.5 Å². The number of hydrogen-bond donors (Lipinski definition) is 2. The zero-order chi connectivity index (χ0) is 13.3. The number of rotatable bonds is 3. The van der Waals surface area contributed by atoms with Crippen molar-refractivity contribution in [2.45, 2.75) is 11.1 Å². The molecule has 5 nitrogen and oxygen atoms in total. The Kier molecular flexibility index (Phi) is 3.22. The lowest BCUT2D eigenvalue weighted by atomic mass is 10.3. The van der Waals surface area contributed by atoms with E-state index in [9.17, 15) is 12.8 Å². The van der Waals surface area contributed by atoms with Crippen molar-refractivity contribution in [3.05, 3.63) is 35.2 Å². The van der Waals surface area contributed by atoms with E-state index in [1.807, 2.05) is 0 Å². The number of nitrogens with zero attached hydrogens (tertiary/aromatic N) is 1. The van der Waals surface area contributed by atoms with E-state index in [-0.39, 0.29) is 15.6 Å². The van der Waals surface area contributed by atoms with Gasteiger partial charge in [0.15, 0.2) is 10.0 Å². The molecule has 0 saturated carbocycles. The van der Waals surface area contributed by atoms with E-state index in [2.05, 4.69) is 9.71 Å². The topological polar surface area (TPSA) is 79.3 Å². The van der Waals surface area contributed by atoms with Gasteiger partial charge in [-0.15, -0.1) is 11.3 Å². The highest BCUT2D eigenvalue weighted by atomic mass is 32.2. The molecule has 0 unspecified atom stereocenters. The molecule has 0 fully saturated rings. The SMILES string of the molecule is Cc1ncc(S(=O)(=O)Nc2ccc(O)cc2F)s1. The van der Waals surface area contributed by atoms with Crippen molar-refractivity contribution in [3.8, 4) is 5.75 Å². The van der Waals surface area contributed by atoms with E-state index < -0.39 is 15.8 Å². The Morgan fingerprint density at radius 1 is 1.44 bits per heavy atom. The van der Waals surface area contributed by atoms with E-state index in [1.54, 1.807) is 6.92 Å². The average molecular weight is 288 g/mol. The summed E-state index contributed by atoms with van der Waals surface area (Å²) in [5.41, 5.74) is -0.223. The Morgan fingerprint density at radius 2 is 2.17 bits per heavy atom. The summed E-state index contributed by atoms with van der Waals surface area (Å²) >= 11 is 0.990. The number of hydrogen-bond acceptors (Lipinski definition) is 5. The molecule has 0 atom stereocenters. The molecule has 0 spiro atoms. The molecule has 0 aliphatic carbocycles. The summed E-state index contributed by atoms with van der Waals surface area (Å²) in [5, 5.41) is 9.63. The molecule has 0 radical (unpaired) electrons. The Balaban J connectivity index is 2.33. The van der Waals surface area contributed by atoms with Gasteiger partial charge in [0, 0.05) is 6.07 Å². The molecule has 0 aliphatic rings. The van der Waals surface area contributed by atoms with Gasteiger partial charge in [0.25, 0.3) is 10.0 Å². The normalized spacial score (nSPS) is 11.4. The first kappa shape index (κ1) is 12.8. The summed E-state index contributed by atoms with van der Waals surface area (Å²) in [4.78, 5) is 3.83. The van der Waals surface area contributed by atoms with Crippen LogP contribution in [0.15, 0.2) is 28.6 Å². The van der Waals surface area contributed by atoms with Gasteiger partial charge >= 0.3 is 0 Å². The number of sulfonamides is 1. The lowest BCUT2D eigenvalue weighted by Crippen LogP contribution is -2.12. The van der Waals surface area contributed by atoms with Crippen LogP contribution < -0.4 is 4.72 Å². The Bertz CT molecular complexity index is 682. The Hall–Kier alpha value is -1.67. The smallest absolute Gasteiger partial charge is 0.273 e. The summed E-state index contributed by atoms with van der Waals surface area (Å²) < 4.78 is 39.3. The van der Waals surface area contributed by atoms with Crippen LogP contribution in [0.4, 0.5) is 10.1 Å². The fourth-order valence-corrected chi connectivity index (χ4v) is 3.42. The quantitative estimate of drug-likeness (QED) is 0.848. The van der Waals surface area contributed by atoms with Gasteiger partial charge in [0.05, 0.1) is 16.9 Å². The number of phenolic OH excluding ortho intramolecular Hbond substituents is 1.